The van der Waals surface area contributed by atoms with Gasteiger partial charge in [-0.05, 0) is 0 Å². The van der Waals surface area contributed by atoms with E-state index in [0.29, 0.717) is 0 Å². The fourth-order valence-corrected chi connectivity index (χ4v) is 1.08. The van der Waals surface area contributed by atoms with Crippen molar-refractivity contribution >= 4 is 0 Å². The molecule has 26 valence electrons. The molecule has 0 N–H and O–H groups in total. The minimum atomic E-state index is 0.815. The van der Waals surface area contributed by atoms with Gasteiger partial charge < -0.3 is 0 Å². The molecule has 0 bridgehead atoms. The fourth-order valence-electron chi connectivity index (χ4n) is 0.449. The number of rotatable bonds is 0. The van der Waals surface area contributed by atoms with E-state index in [9.17, 15) is 0 Å². The first-order chi connectivity index (χ1) is 2.89. The van der Waals surface area contributed by atoms with Gasteiger partial charge in [-0.25, -0.2) is 0 Å². The number of hydrogen-bond acceptors (Lipinski definition) is 0. The summed E-state index contributed by atoms with van der Waals surface area (Å²) in [4.78, 5) is 0. The molecule has 0 atom stereocenters. The van der Waals surface area contributed by atoms with Gasteiger partial charge >= 0.3 is 58.0 Å². The van der Waals surface area contributed by atoms with Crippen molar-refractivity contribution in [2.24, 2.45) is 0 Å². The third-order valence-electron chi connectivity index (χ3n) is 0.778. The third kappa shape index (κ3) is 1.02. The van der Waals surface area contributed by atoms with Crippen molar-refractivity contribution in [2.45, 2.75) is 2.73 Å². The van der Waals surface area contributed by atoms with Gasteiger partial charge in [0.25, 0.3) is 0 Å². The molecule has 0 aromatic heterocycles. The van der Waals surface area contributed by atoms with Gasteiger partial charge in [0.2, 0.25) is 0 Å². The Labute approximate surface area is 57.8 Å². The second-order valence-electron chi connectivity index (χ2n) is 1.35. The Balaban J connectivity index is 2.60. The molecule has 0 fully saturated rings. The fraction of sp³-hybridized carbons (Fsp3) is 0.200. The minimum absolute atomic E-state index is 0.815. The van der Waals surface area contributed by atoms with Crippen LogP contribution < -0.4 is 0 Å². The van der Waals surface area contributed by atoms with Crippen LogP contribution in [-0.2, 0) is 31.0 Å². The summed E-state index contributed by atoms with van der Waals surface area (Å²) in [7, 11) is 0. The molecule has 0 aromatic rings. The van der Waals surface area contributed by atoms with Gasteiger partial charge in [-0.1, -0.05) is 0 Å². The molecule has 1 aliphatic carbocycles. The van der Waals surface area contributed by atoms with E-state index in [1.54, 1.807) is 0 Å². The van der Waals surface area contributed by atoms with Crippen LogP contribution in [0.1, 0.15) is 0 Å². The van der Waals surface area contributed by atoms with Gasteiger partial charge in [-0.15, -0.1) is 0 Å². The number of hydrogen-bond donors (Lipinski definition) is 0. The summed E-state index contributed by atoms with van der Waals surface area (Å²) in [5, 5.41) is 0. The quantitative estimate of drug-likeness (QED) is 0.495. The predicted octanol–water partition coefficient (Wildman–Crippen LogP) is 1.45. The van der Waals surface area contributed by atoms with E-state index < -0.39 is 0 Å². The van der Waals surface area contributed by atoms with Crippen LogP contribution in [0.3, 0.4) is 0 Å². The van der Waals surface area contributed by atoms with E-state index in [-0.39, 0.29) is 0 Å². The molecule has 0 unspecified atom stereocenters. The molecule has 0 spiro atoms. The molecule has 1 aliphatic rings. The van der Waals surface area contributed by atoms with E-state index in [4.69, 9.17) is 0 Å². The summed E-state index contributed by atoms with van der Waals surface area (Å²) < 4.78 is 0.815. The Morgan fingerprint density at radius 3 is 1.83 bits per heavy atom. The third-order valence-corrected chi connectivity index (χ3v) is 1.87. The monoisotopic (exact) mass is 154 g/mol. The maximum atomic E-state index is 2.22. The van der Waals surface area contributed by atoms with Gasteiger partial charge in [-0.3, -0.25) is 0 Å². The zero-order valence-electron chi connectivity index (χ0n) is 3.46. The molecule has 0 saturated carbocycles. The molecule has 1 rings (SSSR count). The average Bonchev–Trinajstić information content (AvgIpc) is 1.86. The van der Waals surface area contributed by atoms with Gasteiger partial charge in [0.05, 0.1) is 0 Å². The molecule has 0 radical (unpaired) electrons. The Morgan fingerprint density at radius 1 is 1.17 bits per heavy atom. The Morgan fingerprint density at radius 2 is 1.67 bits per heavy atom. The second kappa shape index (κ2) is 2.04. The van der Waals surface area contributed by atoms with E-state index in [2.05, 4.69) is 24.3 Å². The summed E-state index contributed by atoms with van der Waals surface area (Å²) >= 11 is 1.34. The zero-order chi connectivity index (χ0) is 4.41. The number of allylic oxidation sites excluding steroid dienone is 4. The molecular formula is C5H5Y+2. The average molecular weight is 154 g/mol. The Kier molecular flexibility index (Phi) is 1.61. The van der Waals surface area contributed by atoms with Crippen LogP contribution in [0.25, 0.3) is 0 Å². The van der Waals surface area contributed by atoms with Crippen molar-refractivity contribution in [3.8, 4) is 0 Å². The van der Waals surface area contributed by atoms with Crippen LogP contribution in [0.15, 0.2) is 24.3 Å². The van der Waals surface area contributed by atoms with E-state index in [0.717, 1.165) is 2.73 Å². The van der Waals surface area contributed by atoms with E-state index in [1.807, 2.05) is 0 Å². The predicted molar refractivity (Wildman–Crippen MR) is 22.0 cm³/mol. The van der Waals surface area contributed by atoms with Gasteiger partial charge in [-0.2, -0.15) is 0 Å². The molecule has 1 heteroatoms. The summed E-state index contributed by atoms with van der Waals surface area (Å²) in [6.07, 6.45) is 8.66. The first kappa shape index (κ1) is 4.74. The summed E-state index contributed by atoms with van der Waals surface area (Å²) in [6, 6.07) is 0. The van der Waals surface area contributed by atoms with Crippen LogP contribution in [0.5, 0.6) is 0 Å². The molecule has 0 amide bonds. The molecule has 0 heterocycles. The van der Waals surface area contributed by atoms with Gasteiger partial charge in [0.1, 0.15) is 0 Å². The normalized spacial score (nSPS) is 20.3. The van der Waals surface area contributed by atoms with Crippen LogP contribution in [0, 0.1) is 0 Å². The van der Waals surface area contributed by atoms with Crippen molar-refractivity contribution in [3.05, 3.63) is 24.3 Å². The first-order valence-electron chi connectivity index (χ1n) is 2.00. The summed E-state index contributed by atoms with van der Waals surface area (Å²) in [5.74, 6) is 0. The summed E-state index contributed by atoms with van der Waals surface area (Å²) in [5.41, 5.74) is 0. The molecule has 0 nitrogen and oxygen atoms in total. The topological polar surface area (TPSA) is 0 Å². The van der Waals surface area contributed by atoms with Crippen molar-refractivity contribution in [1.29, 1.82) is 0 Å². The van der Waals surface area contributed by atoms with E-state index >= 15 is 0 Å². The van der Waals surface area contributed by atoms with Crippen LogP contribution in [-0.4, -0.2) is 0 Å². The molecule has 0 saturated heterocycles. The van der Waals surface area contributed by atoms with Crippen molar-refractivity contribution in [1.82, 2.24) is 0 Å². The van der Waals surface area contributed by atoms with Crippen LogP contribution >= 0.6 is 0 Å². The molecule has 0 aliphatic heterocycles. The van der Waals surface area contributed by atoms with Gasteiger partial charge in [0.15, 0.2) is 0 Å². The zero-order valence-corrected chi connectivity index (χ0v) is 6.30. The van der Waals surface area contributed by atoms with Gasteiger partial charge in [0, 0.05) is 0 Å². The Hall–Kier alpha value is 0.584. The Bertz CT molecular complexity index is 80.1. The SMILES string of the molecule is [Y+2][CH]1C=CC=C1. The first-order valence-corrected chi connectivity index (χ1v) is 3.64. The maximum absolute atomic E-state index is 2.22. The van der Waals surface area contributed by atoms with Crippen molar-refractivity contribution in [2.75, 3.05) is 0 Å². The van der Waals surface area contributed by atoms with Crippen molar-refractivity contribution < 1.29 is 31.0 Å². The molecule has 0 aromatic carbocycles. The molecular weight excluding hydrogens is 149 g/mol. The van der Waals surface area contributed by atoms with Crippen molar-refractivity contribution in [3.63, 3.8) is 0 Å². The second-order valence-corrected chi connectivity index (χ2v) is 3.24. The standard InChI is InChI=1S/C5H5.Y/c1-2-4-5-3-1;/h1-5H;/q;+2. The van der Waals surface area contributed by atoms with Crippen LogP contribution in [0.2, 0.25) is 2.73 Å². The van der Waals surface area contributed by atoms with Crippen LogP contribution in [0.4, 0.5) is 0 Å². The summed E-state index contributed by atoms with van der Waals surface area (Å²) in [6.45, 7) is 0. The molecule has 6 heavy (non-hydrogen) atoms. The van der Waals surface area contributed by atoms with E-state index in [1.165, 1.54) is 31.0 Å².